The number of aromatic nitrogens is 1. The average Bonchev–Trinajstić information content (AvgIpc) is 2.46. The van der Waals surface area contributed by atoms with Gasteiger partial charge in [0.2, 0.25) is 10.0 Å². The minimum absolute atomic E-state index is 0.188. The summed E-state index contributed by atoms with van der Waals surface area (Å²) < 4.78 is 26.7. The number of thioether (sulfide) groups is 1. The summed E-state index contributed by atoms with van der Waals surface area (Å²) >= 11 is 1.57. The number of nitrogens with zero attached hydrogens (tertiary/aromatic N) is 1. The molecule has 0 bridgehead atoms. The Hall–Kier alpha value is -1.37. The van der Waals surface area contributed by atoms with E-state index in [4.69, 9.17) is 0 Å². The molecule has 1 aromatic heterocycles. The van der Waals surface area contributed by atoms with Crippen molar-refractivity contribution in [1.29, 1.82) is 0 Å². The summed E-state index contributed by atoms with van der Waals surface area (Å²) in [4.78, 5) is 5.37. The van der Waals surface area contributed by atoms with E-state index >= 15 is 0 Å². The van der Waals surface area contributed by atoms with Crippen molar-refractivity contribution in [2.45, 2.75) is 16.3 Å². The molecule has 2 rings (SSSR count). The van der Waals surface area contributed by atoms with E-state index in [9.17, 15) is 8.42 Å². The Balaban J connectivity index is 2.09. The second-order valence-electron chi connectivity index (χ2n) is 3.82. The summed E-state index contributed by atoms with van der Waals surface area (Å²) in [5.74, 6) is 0. The van der Waals surface area contributed by atoms with Gasteiger partial charge in [0.1, 0.15) is 0 Å². The minimum Gasteiger partial charge on any atom is -0.260 e. The Kier molecular flexibility index (Phi) is 4.57. The number of pyridine rings is 1. The maximum Gasteiger partial charge on any atom is 0.240 e. The highest BCUT2D eigenvalue weighted by atomic mass is 32.2. The Bertz CT molecular complexity index is 625. The lowest BCUT2D eigenvalue weighted by molar-refractivity contribution is 0.580. The molecule has 0 amide bonds. The molecule has 19 heavy (non-hydrogen) atoms. The van der Waals surface area contributed by atoms with Gasteiger partial charge in [-0.25, -0.2) is 13.1 Å². The van der Waals surface area contributed by atoms with Crippen LogP contribution in [-0.4, -0.2) is 19.7 Å². The first-order chi connectivity index (χ1) is 9.12. The maximum absolute atomic E-state index is 12.1. The molecule has 6 heteroatoms. The largest absolute Gasteiger partial charge is 0.260 e. The van der Waals surface area contributed by atoms with Gasteiger partial charge >= 0.3 is 0 Å². The van der Waals surface area contributed by atoms with Gasteiger partial charge in [-0.15, -0.1) is 11.8 Å². The first kappa shape index (κ1) is 14.0. The Morgan fingerprint density at radius 2 is 1.89 bits per heavy atom. The minimum atomic E-state index is -3.48. The van der Waals surface area contributed by atoms with Crippen molar-refractivity contribution in [2.75, 3.05) is 6.26 Å². The third-order valence-corrected chi connectivity index (χ3v) is 4.70. The zero-order valence-electron chi connectivity index (χ0n) is 10.4. The molecule has 1 N–H and O–H groups in total. The Morgan fingerprint density at radius 3 is 2.47 bits per heavy atom. The fraction of sp³-hybridized carbons (Fsp3) is 0.154. The van der Waals surface area contributed by atoms with Crippen LogP contribution in [0.25, 0.3) is 0 Å². The van der Waals surface area contributed by atoms with Crippen LogP contribution in [0.5, 0.6) is 0 Å². The van der Waals surface area contributed by atoms with E-state index in [0.29, 0.717) is 5.69 Å². The first-order valence-corrected chi connectivity index (χ1v) is 8.36. The van der Waals surface area contributed by atoms with Gasteiger partial charge in [0.15, 0.2) is 0 Å². The average molecular weight is 294 g/mol. The second-order valence-corrected chi connectivity index (χ2v) is 6.47. The van der Waals surface area contributed by atoms with Crippen LogP contribution >= 0.6 is 11.8 Å². The lowest BCUT2D eigenvalue weighted by atomic mass is 10.4. The standard InChI is InChI=1S/C13H14N2O2S2/c1-18-12-5-7-13(8-6-12)19(16,17)15-10-11-4-2-3-9-14-11/h2-9,15H,10H2,1H3. The molecule has 1 heterocycles. The molecule has 0 fully saturated rings. The summed E-state index contributed by atoms with van der Waals surface area (Å²) in [7, 11) is -3.48. The van der Waals surface area contributed by atoms with Gasteiger partial charge in [-0.3, -0.25) is 4.98 Å². The van der Waals surface area contributed by atoms with E-state index in [1.807, 2.05) is 12.3 Å². The van der Waals surface area contributed by atoms with Gasteiger partial charge in [0, 0.05) is 11.1 Å². The second kappa shape index (κ2) is 6.18. The highest BCUT2D eigenvalue weighted by Gasteiger charge is 2.13. The van der Waals surface area contributed by atoms with Crippen molar-refractivity contribution >= 4 is 21.8 Å². The molecule has 0 atom stereocenters. The number of hydrogen-bond acceptors (Lipinski definition) is 4. The third kappa shape index (κ3) is 3.79. The van der Waals surface area contributed by atoms with Gasteiger partial charge in [-0.2, -0.15) is 0 Å². The fourth-order valence-electron chi connectivity index (χ4n) is 1.51. The molecule has 0 aliphatic carbocycles. The molecular formula is C13H14N2O2S2. The van der Waals surface area contributed by atoms with Crippen LogP contribution in [-0.2, 0) is 16.6 Å². The highest BCUT2D eigenvalue weighted by Crippen LogP contribution is 2.17. The summed E-state index contributed by atoms with van der Waals surface area (Å²) in [6.45, 7) is 0.188. The summed E-state index contributed by atoms with van der Waals surface area (Å²) in [5.41, 5.74) is 0.687. The lowest BCUT2D eigenvalue weighted by Crippen LogP contribution is -2.23. The summed E-state index contributed by atoms with van der Waals surface area (Å²) in [5, 5.41) is 0. The quantitative estimate of drug-likeness (QED) is 0.860. The van der Waals surface area contributed by atoms with E-state index in [-0.39, 0.29) is 11.4 Å². The van der Waals surface area contributed by atoms with Crippen LogP contribution in [0.3, 0.4) is 0 Å². The molecule has 0 saturated carbocycles. The SMILES string of the molecule is CSc1ccc(S(=O)(=O)NCc2ccccn2)cc1. The van der Waals surface area contributed by atoms with Crippen molar-refractivity contribution < 1.29 is 8.42 Å². The zero-order valence-corrected chi connectivity index (χ0v) is 12.0. The maximum atomic E-state index is 12.1. The topological polar surface area (TPSA) is 59.1 Å². The van der Waals surface area contributed by atoms with E-state index in [1.165, 1.54) is 0 Å². The molecule has 4 nitrogen and oxygen atoms in total. The molecule has 1 aromatic carbocycles. The lowest BCUT2D eigenvalue weighted by Gasteiger charge is -2.06. The third-order valence-electron chi connectivity index (χ3n) is 2.54. The van der Waals surface area contributed by atoms with Gasteiger partial charge in [-0.05, 0) is 42.7 Å². The molecule has 0 radical (unpaired) electrons. The van der Waals surface area contributed by atoms with Crippen molar-refractivity contribution in [3.05, 3.63) is 54.4 Å². The molecule has 0 saturated heterocycles. The predicted molar refractivity (Wildman–Crippen MR) is 76.5 cm³/mol. The Morgan fingerprint density at radius 1 is 1.16 bits per heavy atom. The first-order valence-electron chi connectivity index (χ1n) is 5.65. The van der Waals surface area contributed by atoms with Gasteiger partial charge in [0.25, 0.3) is 0 Å². The number of sulfonamides is 1. The molecule has 0 aliphatic heterocycles. The van der Waals surface area contributed by atoms with E-state index in [0.717, 1.165) is 4.90 Å². The van der Waals surface area contributed by atoms with Crippen LogP contribution in [0.15, 0.2) is 58.5 Å². The van der Waals surface area contributed by atoms with E-state index in [2.05, 4.69) is 9.71 Å². The van der Waals surface area contributed by atoms with Crippen molar-refractivity contribution in [1.82, 2.24) is 9.71 Å². The number of benzene rings is 1. The van der Waals surface area contributed by atoms with Crippen LogP contribution in [0.2, 0.25) is 0 Å². The molecule has 100 valence electrons. The molecule has 0 unspecified atom stereocenters. The molecular weight excluding hydrogens is 280 g/mol. The Labute approximate surface area is 117 Å². The molecule has 0 spiro atoms. The van der Waals surface area contributed by atoms with Gasteiger partial charge in [-0.1, -0.05) is 6.07 Å². The van der Waals surface area contributed by atoms with Crippen LogP contribution < -0.4 is 4.72 Å². The van der Waals surface area contributed by atoms with Crippen molar-refractivity contribution in [3.63, 3.8) is 0 Å². The molecule has 0 aliphatic rings. The summed E-state index contributed by atoms with van der Waals surface area (Å²) in [6.07, 6.45) is 3.58. The van der Waals surface area contributed by atoms with Gasteiger partial charge in [0.05, 0.1) is 17.1 Å². The van der Waals surface area contributed by atoms with E-state index < -0.39 is 10.0 Å². The smallest absolute Gasteiger partial charge is 0.240 e. The van der Waals surface area contributed by atoms with E-state index in [1.54, 1.807) is 54.4 Å². The fourth-order valence-corrected chi connectivity index (χ4v) is 2.92. The van der Waals surface area contributed by atoms with Crippen LogP contribution in [0.1, 0.15) is 5.69 Å². The predicted octanol–water partition coefficient (Wildman–Crippen LogP) is 2.28. The van der Waals surface area contributed by atoms with Crippen molar-refractivity contribution in [2.24, 2.45) is 0 Å². The van der Waals surface area contributed by atoms with Crippen LogP contribution in [0, 0.1) is 0 Å². The van der Waals surface area contributed by atoms with Gasteiger partial charge < -0.3 is 0 Å². The number of hydrogen-bond donors (Lipinski definition) is 1. The summed E-state index contributed by atoms with van der Waals surface area (Å²) in [6, 6.07) is 12.2. The monoisotopic (exact) mass is 294 g/mol. The zero-order chi connectivity index (χ0) is 13.7. The number of rotatable bonds is 5. The number of nitrogens with one attached hydrogen (secondary N) is 1. The normalized spacial score (nSPS) is 11.4. The van der Waals surface area contributed by atoms with Crippen molar-refractivity contribution in [3.8, 4) is 0 Å². The highest BCUT2D eigenvalue weighted by molar-refractivity contribution is 7.98. The van der Waals surface area contributed by atoms with Crippen LogP contribution in [0.4, 0.5) is 0 Å². The molecule has 2 aromatic rings.